The van der Waals surface area contributed by atoms with Crippen LogP contribution in [0.1, 0.15) is 39.0 Å². The van der Waals surface area contributed by atoms with Crippen molar-refractivity contribution in [1.29, 1.82) is 0 Å². The molecule has 1 amide bonds. The molecule has 1 aliphatic rings. The van der Waals surface area contributed by atoms with Crippen LogP contribution in [0, 0.1) is 5.92 Å². The first-order valence-corrected chi connectivity index (χ1v) is 6.02. The number of ether oxygens (including phenoxy) is 1. The lowest BCUT2D eigenvalue weighted by Crippen LogP contribution is -2.31. The Labute approximate surface area is 101 Å². The standard InChI is InChI=1S/C12H19NO4/c1-2-3-9-16-12(15)13-17-11(14)10-7-5-4-6-8-10/h4-5,10H,2-3,6-9H2,1H3,(H,13,15). The Morgan fingerprint density at radius 3 is 2.88 bits per heavy atom. The number of nitrogens with one attached hydrogen (secondary N) is 1. The van der Waals surface area contributed by atoms with Gasteiger partial charge in [0.05, 0.1) is 12.5 Å². The zero-order valence-corrected chi connectivity index (χ0v) is 10.1. The van der Waals surface area contributed by atoms with Crippen molar-refractivity contribution in [2.75, 3.05) is 6.61 Å². The van der Waals surface area contributed by atoms with Crippen LogP contribution in [-0.4, -0.2) is 18.7 Å². The SMILES string of the molecule is CCCCOC(=O)NOC(=O)C1CC=CCC1. The summed E-state index contributed by atoms with van der Waals surface area (Å²) in [5, 5.41) is 0. The molecule has 0 saturated heterocycles. The van der Waals surface area contributed by atoms with Gasteiger partial charge in [0.1, 0.15) is 0 Å². The summed E-state index contributed by atoms with van der Waals surface area (Å²) in [5.74, 6) is -0.558. The van der Waals surface area contributed by atoms with Gasteiger partial charge in [0.15, 0.2) is 0 Å². The number of carbonyl (C=O) groups is 2. The monoisotopic (exact) mass is 241 g/mol. The molecule has 1 N–H and O–H groups in total. The lowest BCUT2D eigenvalue weighted by molar-refractivity contribution is -0.155. The van der Waals surface area contributed by atoms with Crippen molar-refractivity contribution in [2.45, 2.75) is 39.0 Å². The highest BCUT2D eigenvalue weighted by Crippen LogP contribution is 2.18. The molecule has 0 radical (unpaired) electrons. The summed E-state index contributed by atoms with van der Waals surface area (Å²) in [6.07, 6.45) is 7.34. The number of hydrogen-bond donors (Lipinski definition) is 1. The van der Waals surface area contributed by atoms with E-state index in [0.29, 0.717) is 13.0 Å². The van der Waals surface area contributed by atoms with E-state index in [1.807, 2.05) is 24.6 Å². The molecule has 0 aliphatic heterocycles. The van der Waals surface area contributed by atoms with Crippen molar-refractivity contribution in [3.05, 3.63) is 12.2 Å². The summed E-state index contributed by atoms with van der Waals surface area (Å²) >= 11 is 0. The molecule has 0 aromatic heterocycles. The highest BCUT2D eigenvalue weighted by Gasteiger charge is 2.21. The lowest BCUT2D eigenvalue weighted by atomic mass is 9.95. The summed E-state index contributed by atoms with van der Waals surface area (Å²) in [6, 6.07) is 0. The number of hydroxylamine groups is 1. The van der Waals surface area contributed by atoms with Gasteiger partial charge >= 0.3 is 12.1 Å². The molecule has 0 aromatic rings. The molecular formula is C12H19NO4. The van der Waals surface area contributed by atoms with Gasteiger partial charge in [-0.3, -0.25) is 0 Å². The summed E-state index contributed by atoms with van der Waals surface area (Å²) in [6.45, 7) is 2.34. The maximum absolute atomic E-state index is 11.5. The van der Waals surface area contributed by atoms with E-state index < -0.39 is 12.1 Å². The van der Waals surface area contributed by atoms with Crippen molar-refractivity contribution in [3.63, 3.8) is 0 Å². The van der Waals surface area contributed by atoms with Crippen molar-refractivity contribution in [1.82, 2.24) is 5.48 Å². The minimum atomic E-state index is -0.710. The van der Waals surface area contributed by atoms with Crippen molar-refractivity contribution in [2.24, 2.45) is 5.92 Å². The van der Waals surface area contributed by atoms with Crippen LogP contribution in [0.5, 0.6) is 0 Å². The van der Waals surface area contributed by atoms with E-state index in [4.69, 9.17) is 4.74 Å². The molecule has 5 nitrogen and oxygen atoms in total. The van der Waals surface area contributed by atoms with E-state index in [2.05, 4.69) is 4.84 Å². The van der Waals surface area contributed by atoms with Gasteiger partial charge in [0.25, 0.3) is 0 Å². The highest BCUT2D eigenvalue weighted by molar-refractivity contribution is 5.75. The van der Waals surface area contributed by atoms with Gasteiger partial charge in [0.2, 0.25) is 0 Å². The van der Waals surface area contributed by atoms with Crippen LogP contribution in [-0.2, 0) is 14.4 Å². The molecule has 17 heavy (non-hydrogen) atoms. The molecule has 1 atom stereocenters. The smallest absolute Gasteiger partial charge is 0.440 e. The minimum absolute atomic E-state index is 0.157. The van der Waals surface area contributed by atoms with Crippen LogP contribution in [0.15, 0.2) is 12.2 Å². The molecule has 0 aromatic carbocycles. The maximum Gasteiger partial charge on any atom is 0.440 e. The lowest BCUT2D eigenvalue weighted by Gasteiger charge is -2.15. The van der Waals surface area contributed by atoms with E-state index in [-0.39, 0.29) is 5.92 Å². The average molecular weight is 241 g/mol. The second kappa shape index (κ2) is 7.70. The predicted molar refractivity (Wildman–Crippen MR) is 62.0 cm³/mol. The Hall–Kier alpha value is -1.52. The normalized spacial score (nSPS) is 18.5. The summed E-state index contributed by atoms with van der Waals surface area (Å²) < 4.78 is 4.78. The quantitative estimate of drug-likeness (QED) is 0.466. The Bertz CT molecular complexity index is 288. The fourth-order valence-corrected chi connectivity index (χ4v) is 1.52. The second-order valence-corrected chi connectivity index (χ2v) is 3.99. The third-order valence-electron chi connectivity index (χ3n) is 2.57. The molecule has 1 unspecified atom stereocenters. The van der Waals surface area contributed by atoms with Gasteiger partial charge < -0.3 is 9.57 Å². The van der Waals surface area contributed by atoms with E-state index in [1.54, 1.807) is 0 Å². The topological polar surface area (TPSA) is 64.6 Å². The molecule has 1 aliphatic carbocycles. The van der Waals surface area contributed by atoms with Crippen molar-refractivity contribution < 1.29 is 19.2 Å². The molecule has 0 fully saturated rings. The molecule has 0 heterocycles. The second-order valence-electron chi connectivity index (χ2n) is 3.99. The van der Waals surface area contributed by atoms with Crippen LogP contribution >= 0.6 is 0 Å². The third kappa shape index (κ3) is 5.38. The molecular weight excluding hydrogens is 222 g/mol. The molecule has 1 rings (SSSR count). The maximum atomic E-state index is 11.5. The van der Waals surface area contributed by atoms with Gasteiger partial charge in [0, 0.05) is 0 Å². The minimum Gasteiger partial charge on any atom is -0.447 e. The number of allylic oxidation sites excluding steroid dienone is 2. The number of rotatable bonds is 4. The van der Waals surface area contributed by atoms with E-state index >= 15 is 0 Å². The van der Waals surface area contributed by atoms with Gasteiger partial charge in [-0.2, -0.15) is 0 Å². The van der Waals surface area contributed by atoms with E-state index in [9.17, 15) is 9.59 Å². The zero-order valence-electron chi connectivity index (χ0n) is 10.1. The fourth-order valence-electron chi connectivity index (χ4n) is 1.52. The number of amides is 1. The van der Waals surface area contributed by atoms with Gasteiger partial charge in [-0.05, 0) is 25.7 Å². The van der Waals surface area contributed by atoms with Gasteiger partial charge in [-0.25, -0.2) is 9.59 Å². The van der Waals surface area contributed by atoms with Crippen LogP contribution in [0.3, 0.4) is 0 Å². The molecule has 0 bridgehead atoms. The number of hydrogen-bond acceptors (Lipinski definition) is 4. The first kappa shape index (κ1) is 13.5. The Morgan fingerprint density at radius 2 is 2.24 bits per heavy atom. The molecule has 0 spiro atoms. The predicted octanol–water partition coefficient (Wildman–Crippen LogP) is 2.33. The van der Waals surface area contributed by atoms with Crippen LogP contribution < -0.4 is 5.48 Å². The largest absolute Gasteiger partial charge is 0.447 e. The zero-order chi connectivity index (χ0) is 12.5. The summed E-state index contributed by atoms with van der Waals surface area (Å²) in [5.41, 5.74) is 2.00. The number of unbranched alkanes of at least 4 members (excludes halogenated alkanes) is 1. The Morgan fingerprint density at radius 1 is 1.41 bits per heavy atom. The summed E-state index contributed by atoms with van der Waals surface area (Å²) in [4.78, 5) is 27.3. The Kier molecular flexibility index (Phi) is 6.14. The van der Waals surface area contributed by atoms with Crippen LogP contribution in [0.4, 0.5) is 4.79 Å². The van der Waals surface area contributed by atoms with Crippen LogP contribution in [0.25, 0.3) is 0 Å². The highest BCUT2D eigenvalue weighted by atomic mass is 16.7. The molecule has 96 valence electrons. The first-order chi connectivity index (χ1) is 8.24. The van der Waals surface area contributed by atoms with Gasteiger partial charge in [-0.1, -0.05) is 25.5 Å². The molecule has 0 saturated carbocycles. The van der Waals surface area contributed by atoms with Crippen molar-refractivity contribution >= 4 is 12.1 Å². The number of carbonyl (C=O) groups excluding carboxylic acids is 2. The third-order valence-corrected chi connectivity index (χ3v) is 2.57. The van der Waals surface area contributed by atoms with E-state index in [1.165, 1.54) is 0 Å². The fraction of sp³-hybridized carbons (Fsp3) is 0.667. The average Bonchev–Trinajstić information content (AvgIpc) is 2.37. The van der Waals surface area contributed by atoms with Crippen molar-refractivity contribution in [3.8, 4) is 0 Å². The molecule has 5 heteroatoms. The first-order valence-electron chi connectivity index (χ1n) is 6.02. The Balaban J connectivity index is 2.14. The summed E-state index contributed by atoms with van der Waals surface area (Å²) in [7, 11) is 0. The van der Waals surface area contributed by atoms with Crippen LogP contribution in [0.2, 0.25) is 0 Å². The van der Waals surface area contributed by atoms with Gasteiger partial charge in [-0.15, -0.1) is 5.48 Å². The van der Waals surface area contributed by atoms with E-state index in [0.717, 1.165) is 25.7 Å².